The van der Waals surface area contributed by atoms with Gasteiger partial charge in [-0.3, -0.25) is 0 Å². The number of rotatable bonds is 2. The van der Waals surface area contributed by atoms with E-state index in [4.69, 9.17) is 23.1 Å². The van der Waals surface area contributed by atoms with Crippen molar-refractivity contribution in [2.75, 3.05) is 0 Å². The third kappa shape index (κ3) is 4.96. The minimum Gasteiger partial charge on any atom is -0.369 e. The predicted octanol–water partition coefficient (Wildman–Crippen LogP) is 2.78. The molecule has 0 saturated carbocycles. The molecule has 0 atom stereocenters. The number of nitrogens with two attached hydrogens (primary N) is 2. The van der Waals surface area contributed by atoms with Gasteiger partial charge in [-0.15, -0.1) is 17.5 Å². The second-order valence-corrected chi connectivity index (χ2v) is 3.81. The second-order valence-electron chi connectivity index (χ2n) is 3.40. The highest BCUT2D eigenvalue weighted by Gasteiger charge is 2.33. The van der Waals surface area contributed by atoms with Crippen LogP contribution in [0.15, 0.2) is 28.4 Å². The fourth-order valence-electron chi connectivity index (χ4n) is 1.16. The average Bonchev–Trinajstić information content (AvgIpc) is 2.24. The normalized spacial score (nSPS) is 11.7. The van der Waals surface area contributed by atoms with E-state index in [-0.39, 0.29) is 34.7 Å². The molecule has 0 heterocycles. The Bertz CT molecular complexity index is 508. The van der Waals surface area contributed by atoms with Gasteiger partial charge in [-0.2, -0.15) is 18.3 Å². The lowest BCUT2D eigenvalue weighted by Crippen LogP contribution is -2.22. The number of alkyl halides is 3. The van der Waals surface area contributed by atoms with Gasteiger partial charge in [0.2, 0.25) is 5.96 Å². The number of guanidine groups is 1. The van der Waals surface area contributed by atoms with Gasteiger partial charge in [0.15, 0.2) is 0 Å². The van der Waals surface area contributed by atoms with Crippen LogP contribution in [-0.2, 0) is 6.18 Å². The molecule has 0 spiro atoms. The monoisotopic (exact) mass is 314 g/mol. The lowest BCUT2D eigenvalue weighted by atomic mass is 10.1. The van der Waals surface area contributed by atoms with Gasteiger partial charge in [0, 0.05) is 0 Å². The Morgan fingerprint density at radius 3 is 2.26 bits per heavy atom. The number of hydrogen-bond donors (Lipinski definition) is 2. The predicted molar refractivity (Wildman–Crippen MR) is 71.7 cm³/mol. The topological polar surface area (TPSA) is 76.8 Å². The van der Waals surface area contributed by atoms with Gasteiger partial charge in [-0.05, 0) is 24.6 Å². The van der Waals surface area contributed by atoms with Gasteiger partial charge in [0.1, 0.15) is 0 Å². The molecule has 0 amide bonds. The number of hydrogen-bond acceptors (Lipinski definition) is 2. The summed E-state index contributed by atoms with van der Waals surface area (Å²) >= 11 is 5.49. The summed E-state index contributed by atoms with van der Waals surface area (Å²) < 4.78 is 37.8. The first-order valence-corrected chi connectivity index (χ1v) is 5.10. The van der Waals surface area contributed by atoms with E-state index >= 15 is 0 Å². The standard InChI is InChI=1S/C10H10ClF3N4.ClH/c1-5(17-18-9(15)16)6-2-3-8(11)7(4-6)10(12,13)14;/h2-4H,1H3,(H4,15,16,18);1H/b17-5+;. The molecule has 0 aromatic heterocycles. The van der Waals surface area contributed by atoms with Gasteiger partial charge in [-0.1, -0.05) is 17.7 Å². The van der Waals surface area contributed by atoms with Crippen LogP contribution in [0.3, 0.4) is 0 Å². The minimum absolute atomic E-state index is 0. The summed E-state index contributed by atoms with van der Waals surface area (Å²) in [6, 6.07) is 3.44. The molecule has 0 bridgehead atoms. The van der Waals surface area contributed by atoms with Crippen LogP contribution in [0.2, 0.25) is 5.02 Å². The third-order valence-corrected chi connectivity index (χ3v) is 2.33. The number of benzene rings is 1. The molecule has 0 radical (unpaired) electrons. The lowest BCUT2D eigenvalue weighted by Gasteiger charge is -2.10. The summed E-state index contributed by atoms with van der Waals surface area (Å²) in [4.78, 5) is 0. The maximum atomic E-state index is 12.6. The van der Waals surface area contributed by atoms with Crippen molar-refractivity contribution in [1.29, 1.82) is 0 Å². The Labute approximate surface area is 118 Å². The van der Waals surface area contributed by atoms with E-state index in [0.29, 0.717) is 0 Å². The van der Waals surface area contributed by atoms with Crippen molar-refractivity contribution in [3.8, 4) is 0 Å². The molecule has 0 aliphatic carbocycles. The van der Waals surface area contributed by atoms with E-state index in [1.807, 2.05) is 0 Å². The maximum absolute atomic E-state index is 12.6. The molecule has 0 aliphatic rings. The highest BCUT2D eigenvalue weighted by molar-refractivity contribution is 6.31. The summed E-state index contributed by atoms with van der Waals surface area (Å²) in [7, 11) is 0. The summed E-state index contributed by atoms with van der Waals surface area (Å²) in [6.45, 7) is 1.48. The van der Waals surface area contributed by atoms with E-state index < -0.39 is 11.7 Å². The SMILES string of the molecule is C/C(=N\N=C(N)N)c1ccc(Cl)c(C(F)(F)F)c1.Cl. The molecule has 1 rings (SSSR count). The van der Waals surface area contributed by atoms with Crippen molar-refractivity contribution in [1.82, 2.24) is 0 Å². The molecule has 1 aromatic rings. The quantitative estimate of drug-likeness (QED) is 0.500. The van der Waals surface area contributed by atoms with Crippen LogP contribution in [0.25, 0.3) is 0 Å². The van der Waals surface area contributed by atoms with Crippen LogP contribution in [0.5, 0.6) is 0 Å². The molecule has 19 heavy (non-hydrogen) atoms. The molecule has 106 valence electrons. The highest BCUT2D eigenvalue weighted by Crippen LogP contribution is 2.35. The van der Waals surface area contributed by atoms with Gasteiger partial charge < -0.3 is 11.5 Å². The largest absolute Gasteiger partial charge is 0.417 e. The Morgan fingerprint density at radius 2 is 1.79 bits per heavy atom. The molecule has 9 heteroatoms. The van der Waals surface area contributed by atoms with Crippen LogP contribution in [0, 0.1) is 0 Å². The fraction of sp³-hybridized carbons (Fsp3) is 0.200. The average molecular weight is 315 g/mol. The molecular weight excluding hydrogens is 304 g/mol. The summed E-state index contributed by atoms with van der Waals surface area (Å²) in [5.74, 6) is -0.278. The van der Waals surface area contributed by atoms with Crippen LogP contribution < -0.4 is 11.5 Å². The smallest absolute Gasteiger partial charge is 0.369 e. The van der Waals surface area contributed by atoms with Crippen LogP contribution in [0.1, 0.15) is 18.1 Å². The molecule has 4 nitrogen and oxygen atoms in total. The lowest BCUT2D eigenvalue weighted by molar-refractivity contribution is -0.137. The van der Waals surface area contributed by atoms with Crippen molar-refractivity contribution in [3.05, 3.63) is 34.3 Å². The van der Waals surface area contributed by atoms with E-state index in [9.17, 15) is 13.2 Å². The zero-order valence-corrected chi connectivity index (χ0v) is 11.3. The van der Waals surface area contributed by atoms with Crippen LogP contribution in [0.4, 0.5) is 13.2 Å². The second kappa shape index (κ2) is 6.63. The molecule has 0 fully saturated rings. The third-order valence-electron chi connectivity index (χ3n) is 2.01. The van der Waals surface area contributed by atoms with Gasteiger partial charge >= 0.3 is 6.18 Å². The first-order valence-electron chi connectivity index (χ1n) is 4.72. The van der Waals surface area contributed by atoms with E-state index in [2.05, 4.69) is 10.2 Å². The van der Waals surface area contributed by atoms with Gasteiger partial charge in [0.25, 0.3) is 0 Å². The molecule has 0 saturated heterocycles. The molecular formula is C10H11Cl2F3N4. The first kappa shape index (κ1) is 17.5. The van der Waals surface area contributed by atoms with Crippen LogP contribution >= 0.6 is 24.0 Å². The minimum atomic E-state index is -4.52. The number of nitrogens with zero attached hydrogens (tertiary/aromatic N) is 2. The van der Waals surface area contributed by atoms with Crippen molar-refractivity contribution in [3.63, 3.8) is 0 Å². The van der Waals surface area contributed by atoms with E-state index in [0.717, 1.165) is 12.1 Å². The Hall–Kier alpha value is -1.47. The van der Waals surface area contributed by atoms with Gasteiger partial charge in [0.05, 0.1) is 16.3 Å². The first-order chi connectivity index (χ1) is 8.21. The Morgan fingerprint density at radius 1 is 1.21 bits per heavy atom. The molecule has 0 unspecified atom stereocenters. The van der Waals surface area contributed by atoms with Crippen molar-refractivity contribution in [2.45, 2.75) is 13.1 Å². The van der Waals surface area contributed by atoms with Crippen molar-refractivity contribution >= 4 is 35.7 Å². The van der Waals surface area contributed by atoms with Crippen molar-refractivity contribution < 1.29 is 13.2 Å². The summed E-state index contributed by atoms with van der Waals surface area (Å²) in [5.41, 5.74) is 9.67. The molecule has 0 aliphatic heterocycles. The van der Waals surface area contributed by atoms with Crippen LogP contribution in [-0.4, -0.2) is 11.7 Å². The highest BCUT2D eigenvalue weighted by atomic mass is 35.5. The number of halogens is 5. The van der Waals surface area contributed by atoms with E-state index in [1.165, 1.54) is 13.0 Å². The van der Waals surface area contributed by atoms with Gasteiger partial charge in [-0.25, -0.2) is 0 Å². The maximum Gasteiger partial charge on any atom is 0.417 e. The Kier molecular flexibility index (Phi) is 6.11. The summed E-state index contributed by atoms with van der Waals surface area (Å²) in [5, 5.41) is 6.58. The van der Waals surface area contributed by atoms with Crippen molar-refractivity contribution in [2.24, 2.45) is 21.7 Å². The molecule has 1 aromatic carbocycles. The zero-order chi connectivity index (χ0) is 13.9. The van der Waals surface area contributed by atoms with E-state index in [1.54, 1.807) is 0 Å². The summed E-state index contributed by atoms with van der Waals surface area (Å²) in [6.07, 6.45) is -4.52. The Balaban J connectivity index is 0.00000324. The fourth-order valence-corrected chi connectivity index (χ4v) is 1.38. The molecule has 4 N–H and O–H groups in total. The zero-order valence-electron chi connectivity index (χ0n) is 9.70.